The molecule has 2 aromatic rings. The first-order chi connectivity index (χ1) is 13.7. The van der Waals surface area contributed by atoms with Crippen LogP contribution < -0.4 is 10.1 Å². The molecule has 0 radical (unpaired) electrons. The Hall–Kier alpha value is -2.05. The Morgan fingerprint density at radius 3 is 2.96 bits per heavy atom. The van der Waals surface area contributed by atoms with Crippen molar-refractivity contribution in [2.45, 2.75) is 63.0 Å². The van der Waals surface area contributed by atoms with E-state index >= 15 is 0 Å². The van der Waals surface area contributed by atoms with Crippen molar-refractivity contribution in [1.82, 2.24) is 10.3 Å². The van der Waals surface area contributed by atoms with Gasteiger partial charge in [0.25, 0.3) is 0 Å². The summed E-state index contributed by atoms with van der Waals surface area (Å²) in [7, 11) is 1.67. The zero-order valence-electron chi connectivity index (χ0n) is 16.5. The summed E-state index contributed by atoms with van der Waals surface area (Å²) in [5, 5.41) is 13.7. The van der Waals surface area contributed by atoms with E-state index in [9.17, 15) is 9.90 Å². The molecule has 1 saturated carbocycles. The van der Waals surface area contributed by atoms with E-state index in [1.165, 1.54) is 10.9 Å². The molecule has 1 amide bonds. The quantitative estimate of drug-likeness (QED) is 0.713. The molecule has 1 aromatic carbocycles. The van der Waals surface area contributed by atoms with E-state index in [1.807, 2.05) is 0 Å². The molecule has 0 unspecified atom stereocenters. The number of carbonyl (C=O) groups excluding carboxylic acids is 1. The topological polar surface area (TPSA) is 83.6 Å². The Morgan fingerprint density at radius 1 is 1.32 bits per heavy atom. The van der Waals surface area contributed by atoms with E-state index in [-0.39, 0.29) is 24.7 Å². The van der Waals surface area contributed by atoms with Crippen LogP contribution in [0.5, 0.6) is 5.75 Å². The normalized spacial score (nSPS) is 25.1. The van der Waals surface area contributed by atoms with Crippen LogP contribution in [0.15, 0.2) is 18.3 Å². The first kappa shape index (κ1) is 19.3. The third kappa shape index (κ3) is 3.89. The van der Waals surface area contributed by atoms with E-state index in [2.05, 4.69) is 28.6 Å². The van der Waals surface area contributed by atoms with Crippen molar-refractivity contribution in [3.8, 4) is 5.75 Å². The molecule has 1 aromatic heterocycles. The number of methoxy groups -OCH3 is 1. The predicted octanol–water partition coefficient (Wildman–Crippen LogP) is 3.03. The Labute approximate surface area is 165 Å². The van der Waals surface area contributed by atoms with Gasteiger partial charge in [-0.2, -0.15) is 0 Å². The fraction of sp³-hybridized carbons (Fsp3) is 0.591. The number of aromatic nitrogens is 1. The van der Waals surface area contributed by atoms with Crippen molar-refractivity contribution in [2.75, 3.05) is 20.3 Å². The molecule has 2 aliphatic rings. The number of hydrogen-bond donors (Lipinski definition) is 3. The molecule has 2 fully saturated rings. The highest BCUT2D eigenvalue weighted by molar-refractivity contribution is 5.86. The molecule has 4 rings (SSSR count). The van der Waals surface area contributed by atoms with Gasteiger partial charge in [0.15, 0.2) is 0 Å². The summed E-state index contributed by atoms with van der Waals surface area (Å²) >= 11 is 0. The lowest BCUT2D eigenvalue weighted by molar-refractivity contribution is -0.131. The molecule has 2 heterocycles. The van der Waals surface area contributed by atoms with Crippen LogP contribution in [0.3, 0.4) is 0 Å². The minimum absolute atomic E-state index is 0.0531. The number of H-pyrrole nitrogens is 1. The van der Waals surface area contributed by atoms with E-state index in [0.717, 1.165) is 55.4 Å². The molecular weight excluding hydrogens is 356 g/mol. The zero-order chi connectivity index (χ0) is 19.5. The number of amides is 1. The standard InChI is InChI=1S/C22H30N2O4/c1-27-21-12-17-18(13-23-19(17)11-15(21)7-8-25)14-4-2-5-16(10-14)24-22(26)20-6-3-9-28-20/h11-14,16,20,23,25H,2-10H2,1H3,(H,24,26)/t14-,16+,20+/m1/s1. The van der Waals surface area contributed by atoms with Crippen LogP contribution in [0.2, 0.25) is 0 Å². The van der Waals surface area contributed by atoms with Crippen LogP contribution in [-0.4, -0.2) is 48.5 Å². The van der Waals surface area contributed by atoms with Gasteiger partial charge in [-0.25, -0.2) is 0 Å². The molecular formula is C22H30N2O4. The fourth-order valence-corrected chi connectivity index (χ4v) is 4.74. The number of nitrogens with one attached hydrogen (secondary N) is 2. The second-order valence-corrected chi connectivity index (χ2v) is 8.00. The van der Waals surface area contributed by atoms with Gasteiger partial charge in [0.05, 0.1) is 7.11 Å². The van der Waals surface area contributed by atoms with Gasteiger partial charge in [-0.3, -0.25) is 4.79 Å². The average molecular weight is 386 g/mol. The van der Waals surface area contributed by atoms with Gasteiger partial charge >= 0.3 is 0 Å². The Balaban J connectivity index is 1.51. The fourth-order valence-electron chi connectivity index (χ4n) is 4.74. The molecule has 6 heteroatoms. The van der Waals surface area contributed by atoms with Crippen LogP contribution >= 0.6 is 0 Å². The number of rotatable bonds is 6. The van der Waals surface area contributed by atoms with E-state index in [0.29, 0.717) is 18.9 Å². The maximum atomic E-state index is 12.4. The van der Waals surface area contributed by atoms with Crippen molar-refractivity contribution in [3.05, 3.63) is 29.5 Å². The highest BCUT2D eigenvalue weighted by atomic mass is 16.5. The van der Waals surface area contributed by atoms with Crippen molar-refractivity contribution in [3.63, 3.8) is 0 Å². The highest BCUT2D eigenvalue weighted by Gasteiger charge is 2.30. The van der Waals surface area contributed by atoms with Crippen molar-refractivity contribution < 1.29 is 19.4 Å². The third-order valence-electron chi connectivity index (χ3n) is 6.18. The lowest BCUT2D eigenvalue weighted by atomic mass is 9.81. The number of aliphatic hydroxyl groups is 1. The summed E-state index contributed by atoms with van der Waals surface area (Å²) in [4.78, 5) is 15.8. The summed E-state index contributed by atoms with van der Waals surface area (Å²) in [6, 6.07) is 4.37. The van der Waals surface area contributed by atoms with Gasteiger partial charge in [0.2, 0.25) is 5.91 Å². The summed E-state index contributed by atoms with van der Waals surface area (Å²) in [5.74, 6) is 1.28. The van der Waals surface area contributed by atoms with E-state index < -0.39 is 0 Å². The average Bonchev–Trinajstić information content (AvgIpc) is 3.38. The third-order valence-corrected chi connectivity index (χ3v) is 6.18. The Morgan fingerprint density at radius 2 is 2.21 bits per heavy atom. The summed E-state index contributed by atoms with van der Waals surface area (Å²) < 4.78 is 11.1. The number of aromatic amines is 1. The highest BCUT2D eigenvalue weighted by Crippen LogP contribution is 2.38. The van der Waals surface area contributed by atoms with E-state index in [1.54, 1.807) is 7.11 Å². The maximum absolute atomic E-state index is 12.4. The first-order valence-corrected chi connectivity index (χ1v) is 10.4. The lowest BCUT2D eigenvalue weighted by Crippen LogP contribution is -2.43. The smallest absolute Gasteiger partial charge is 0.249 e. The number of ether oxygens (including phenoxy) is 2. The van der Waals surface area contributed by atoms with Gasteiger partial charge in [-0.1, -0.05) is 6.42 Å². The first-order valence-electron chi connectivity index (χ1n) is 10.4. The number of aliphatic hydroxyl groups excluding tert-OH is 1. The number of hydrogen-bond acceptors (Lipinski definition) is 4. The van der Waals surface area contributed by atoms with E-state index in [4.69, 9.17) is 9.47 Å². The Bertz CT molecular complexity index is 825. The van der Waals surface area contributed by atoms with Gasteiger partial charge in [-0.15, -0.1) is 0 Å². The molecule has 152 valence electrons. The lowest BCUT2D eigenvalue weighted by Gasteiger charge is -2.30. The molecule has 1 aliphatic carbocycles. The minimum Gasteiger partial charge on any atom is -0.496 e. The SMILES string of the molecule is COc1cc2c([C@@H]3CCC[C@H](NC(=O)[C@@H]4CCCO4)C3)c[nH]c2cc1CCO. The molecule has 0 spiro atoms. The van der Waals surface area contributed by atoms with Crippen molar-refractivity contribution in [1.29, 1.82) is 0 Å². The van der Waals surface area contributed by atoms with Gasteiger partial charge in [0, 0.05) is 36.4 Å². The molecule has 6 nitrogen and oxygen atoms in total. The second-order valence-electron chi connectivity index (χ2n) is 8.00. The monoisotopic (exact) mass is 386 g/mol. The van der Waals surface area contributed by atoms with Crippen molar-refractivity contribution in [2.24, 2.45) is 0 Å². The minimum atomic E-state index is -0.261. The molecule has 28 heavy (non-hydrogen) atoms. The molecule has 3 N–H and O–H groups in total. The molecule has 0 bridgehead atoms. The van der Waals surface area contributed by atoms with Crippen LogP contribution in [0.1, 0.15) is 55.6 Å². The predicted molar refractivity (Wildman–Crippen MR) is 108 cm³/mol. The second kappa shape index (κ2) is 8.53. The summed E-state index contributed by atoms with van der Waals surface area (Å²) in [5.41, 5.74) is 3.38. The molecule has 1 saturated heterocycles. The van der Waals surface area contributed by atoms with Crippen LogP contribution in [0.4, 0.5) is 0 Å². The van der Waals surface area contributed by atoms with Crippen molar-refractivity contribution >= 4 is 16.8 Å². The number of benzene rings is 1. The summed E-state index contributed by atoms with van der Waals surface area (Å²) in [6.07, 6.45) is 8.43. The maximum Gasteiger partial charge on any atom is 0.249 e. The largest absolute Gasteiger partial charge is 0.496 e. The van der Waals surface area contributed by atoms with Gasteiger partial charge in [-0.05, 0) is 67.7 Å². The van der Waals surface area contributed by atoms with Crippen LogP contribution in [0.25, 0.3) is 10.9 Å². The Kier molecular flexibility index (Phi) is 5.87. The summed E-state index contributed by atoms with van der Waals surface area (Å²) in [6.45, 7) is 0.797. The van der Waals surface area contributed by atoms with Crippen LogP contribution in [0, 0.1) is 0 Å². The van der Waals surface area contributed by atoms with Gasteiger partial charge < -0.3 is 24.9 Å². The molecule has 1 aliphatic heterocycles. The number of fused-ring (bicyclic) bond motifs is 1. The van der Waals surface area contributed by atoms with Gasteiger partial charge in [0.1, 0.15) is 11.9 Å². The number of carbonyl (C=O) groups is 1. The van der Waals surface area contributed by atoms with Crippen LogP contribution in [-0.2, 0) is 16.0 Å². The zero-order valence-corrected chi connectivity index (χ0v) is 16.5. The molecule has 3 atom stereocenters.